The van der Waals surface area contributed by atoms with Gasteiger partial charge in [-0.05, 0) is 31.3 Å². The first-order chi connectivity index (χ1) is 7.16. The molecule has 1 unspecified atom stereocenters. The zero-order valence-electron chi connectivity index (χ0n) is 9.27. The lowest BCUT2D eigenvalue weighted by atomic mass is 10.2. The predicted octanol–water partition coefficient (Wildman–Crippen LogP) is 2.01. The van der Waals surface area contributed by atoms with E-state index in [1.54, 1.807) is 16.2 Å². The fraction of sp³-hybridized carbons (Fsp3) is 0.545. The van der Waals surface area contributed by atoms with Crippen molar-refractivity contribution >= 4 is 17.2 Å². The van der Waals surface area contributed by atoms with Crippen molar-refractivity contribution < 1.29 is 4.79 Å². The first-order valence-electron chi connectivity index (χ1n) is 5.16. The van der Waals surface area contributed by atoms with Crippen LogP contribution < -0.4 is 5.73 Å². The van der Waals surface area contributed by atoms with E-state index < -0.39 is 0 Å². The minimum Gasteiger partial charge on any atom is -0.338 e. The lowest BCUT2D eigenvalue weighted by Crippen LogP contribution is -2.29. The van der Waals surface area contributed by atoms with Crippen molar-refractivity contribution in [2.75, 3.05) is 13.6 Å². The van der Waals surface area contributed by atoms with E-state index in [0.29, 0.717) is 13.0 Å². The number of hydrogen-bond donors (Lipinski definition) is 1. The van der Waals surface area contributed by atoms with Gasteiger partial charge in [0.15, 0.2) is 0 Å². The molecule has 0 bridgehead atoms. The quantitative estimate of drug-likeness (QED) is 0.834. The summed E-state index contributed by atoms with van der Waals surface area (Å²) in [5.41, 5.74) is 5.38. The van der Waals surface area contributed by atoms with Gasteiger partial charge in [0.2, 0.25) is 5.91 Å². The summed E-state index contributed by atoms with van der Waals surface area (Å²) in [6.45, 7) is 2.62. The van der Waals surface area contributed by atoms with Gasteiger partial charge in [-0.15, -0.1) is 11.3 Å². The number of nitrogens with two attached hydrogens (primary N) is 1. The van der Waals surface area contributed by atoms with Crippen LogP contribution in [0.4, 0.5) is 0 Å². The fourth-order valence-corrected chi connectivity index (χ4v) is 2.19. The van der Waals surface area contributed by atoms with Crippen LogP contribution in [-0.2, 0) is 4.79 Å². The highest BCUT2D eigenvalue weighted by molar-refractivity contribution is 7.10. The highest BCUT2D eigenvalue weighted by atomic mass is 32.1. The minimum absolute atomic E-state index is 0.162. The maximum Gasteiger partial charge on any atom is 0.222 e. The van der Waals surface area contributed by atoms with Crippen molar-refractivity contribution in [2.45, 2.75) is 25.8 Å². The molecule has 0 saturated carbocycles. The van der Waals surface area contributed by atoms with Gasteiger partial charge in [0, 0.05) is 18.3 Å². The first-order valence-corrected chi connectivity index (χ1v) is 6.04. The lowest BCUT2D eigenvalue weighted by Gasteiger charge is -2.24. The van der Waals surface area contributed by atoms with Gasteiger partial charge in [-0.2, -0.15) is 0 Å². The molecule has 0 aliphatic heterocycles. The van der Waals surface area contributed by atoms with Crippen LogP contribution in [0.5, 0.6) is 0 Å². The van der Waals surface area contributed by atoms with Crippen LogP contribution in [0.2, 0.25) is 0 Å². The molecule has 1 rings (SSSR count). The Morgan fingerprint density at radius 1 is 1.67 bits per heavy atom. The second-order valence-electron chi connectivity index (χ2n) is 3.59. The van der Waals surface area contributed by atoms with E-state index in [-0.39, 0.29) is 11.9 Å². The van der Waals surface area contributed by atoms with Crippen molar-refractivity contribution in [1.82, 2.24) is 4.90 Å². The third-order valence-electron chi connectivity index (χ3n) is 2.52. The zero-order chi connectivity index (χ0) is 11.3. The Morgan fingerprint density at radius 2 is 2.40 bits per heavy atom. The molecule has 1 heterocycles. The van der Waals surface area contributed by atoms with Gasteiger partial charge in [-0.3, -0.25) is 4.79 Å². The van der Waals surface area contributed by atoms with Crippen molar-refractivity contribution in [1.29, 1.82) is 0 Å². The zero-order valence-corrected chi connectivity index (χ0v) is 10.1. The van der Waals surface area contributed by atoms with Gasteiger partial charge in [0.05, 0.1) is 6.04 Å². The minimum atomic E-state index is 0.162. The molecule has 0 radical (unpaired) electrons. The molecule has 0 fully saturated rings. The monoisotopic (exact) mass is 226 g/mol. The van der Waals surface area contributed by atoms with E-state index in [1.807, 2.05) is 25.4 Å². The van der Waals surface area contributed by atoms with Crippen LogP contribution in [-0.4, -0.2) is 24.4 Å². The van der Waals surface area contributed by atoms with Crippen molar-refractivity contribution in [3.05, 3.63) is 22.4 Å². The molecule has 1 atom stereocenters. The lowest BCUT2D eigenvalue weighted by molar-refractivity contribution is -0.131. The topological polar surface area (TPSA) is 46.3 Å². The molecule has 84 valence electrons. The molecule has 2 N–H and O–H groups in total. The number of amides is 1. The molecule has 1 amide bonds. The van der Waals surface area contributed by atoms with E-state index in [4.69, 9.17) is 5.73 Å². The number of rotatable bonds is 5. The van der Waals surface area contributed by atoms with Crippen molar-refractivity contribution in [2.24, 2.45) is 5.73 Å². The third kappa shape index (κ3) is 3.32. The third-order valence-corrected chi connectivity index (χ3v) is 3.57. The second kappa shape index (κ2) is 5.88. The highest BCUT2D eigenvalue weighted by Crippen LogP contribution is 2.23. The summed E-state index contributed by atoms with van der Waals surface area (Å²) in [7, 11) is 1.85. The number of thiophene rings is 1. The molecular formula is C11H18N2OS. The largest absolute Gasteiger partial charge is 0.338 e. The summed E-state index contributed by atoms with van der Waals surface area (Å²) in [4.78, 5) is 14.7. The summed E-state index contributed by atoms with van der Waals surface area (Å²) in [5, 5.41) is 2.03. The molecular weight excluding hydrogens is 208 g/mol. The fourth-order valence-electron chi connectivity index (χ4n) is 1.37. The van der Waals surface area contributed by atoms with E-state index in [9.17, 15) is 4.79 Å². The molecule has 0 saturated heterocycles. The molecule has 0 aliphatic carbocycles. The van der Waals surface area contributed by atoms with Gasteiger partial charge in [0.1, 0.15) is 0 Å². The van der Waals surface area contributed by atoms with Crippen molar-refractivity contribution in [3.8, 4) is 0 Å². The Hall–Kier alpha value is -0.870. The van der Waals surface area contributed by atoms with Crippen LogP contribution in [0.3, 0.4) is 0 Å². The number of carbonyl (C=O) groups is 1. The Bertz CT molecular complexity index is 298. The Balaban J connectivity index is 2.52. The summed E-state index contributed by atoms with van der Waals surface area (Å²) in [5.74, 6) is 0.168. The van der Waals surface area contributed by atoms with E-state index in [0.717, 1.165) is 6.42 Å². The van der Waals surface area contributed by atoms with E-state index >= 15 is 0 Å². The maximum absolute atomic E-state index is 11.7. The van der Waals surface area contributed by atoms with Gasteiger partial charge >= 0.3 is 0 Å². The van der Waals surface area contributed by atoms with Gasteiger partial charge in [-0.1, -0.05) is 6.07 Å². The highest BCUT2D eigenvalue weighted by Gasteiger charge is 2.17. The van der Waals surface area contributed by atoms with Crippen LogP contribution in [0.25, 0.3) is 0 Å². The molecule has 0 spiro atoms. The smallest absolute Gasteiger partial charge is 0.222 e. The standard InChI is InChI=1S/C11H18N2OS/c1-9(10-5-4-8-15-10)13(2)11(14)6-3-7-12/h4-5,8-9H,3,6-7,12H2,1-2H3. The summed E-state index contributed by atoms with van der Waals surface area (Å²) >= 11 is 1.68. The van der Waals surface area contributed by atoms with E-state index in [2.05, 4.69) is 6.07 Å². The Morgan fingerprint density at radius 3 is 2.93 bits per heavy atom. The average Bonchev–Trinajstić information content (AvgIpc) is 2.77. The van der Waals surface area contributed by atoms with E-state index in [1.165, 1.54) is 4.88 Å². The van der Waals surface area contributed by atoms with Gasteiger partial charge in [0.25, 0.3) is 0 Å². The average molecular weight is 226 g/mol. The molecule has 4 heteroatoms. The molecule has 3 nitrogen and oxygen atoms in total. The van der Waals surface area contributed by atoms with Gasteiger partial charge in [-0.25, -0.2) is 0 Å². The summed E-state index contributed by atoms with van der Waals surface area (Å²) < 4.78 is 0. The number of carbonyl (C=O) groups excluding carboxylic acids is 1. The van der Waals surface area contributed by atoms with Crippen molar-refractivity contribution in [3.63, 3.8) is 0 Å². The molecule has 0 aliphatic rings. The first kappa shape index (κ1) is 12.2. The molecule has 1 aromatic heterocycles. The Kier molecular flexibility index (Phi) is 4.78. The molecule has 15 heavy (non-hydrogen) atoms. The molecule has 0 aromatic carbocycles. The SMILES string of the molecule is CC(c1cccs1)N(C)C(=O)CCCN. The van der Waals surface area contributed by atoms with Crippen LogP contribution in [0.15, 0.2) is 17.5 Å². The predicted molar refractivity (Wildman–Crippen MR) is 63.8 cm³/mol. The van der Waals surface area contributed by atoms with Crippen LogP contribution in [0, 0.1) is 0 Å². The summed E-state index contributed by atoms with van der Waals surface area (Å²) in [6, 6.07) is 4.23. The maximum atomic E-state index is 11.7. The second-order valence-corrected chi connectivity index (χ2v) is 4.57. The van der Waals surface area contributed by atoms with Crippen LogP contribution >= 0.6 is 11.3 Å². The number of nitrogens with zero attached hydrogens (tertiary/aromatic N) is 1. The normalized spacial score (nSPS) is 12.5. The Labute approximate surface area is 94.9 Å². The molecule has 1 aromatic rings. The number of hydrogen-bond acceptors (Lipinski definition) is 3. The van der Waals surface area contributed by atoms with Crippen LogP contribution in [0.1, 0.15) is 30.7 Å². The van der Waals surface area contributed by atoms with Gasteiger partial charge < -0.3 is 10.6 Å². The summed E-state index contributed by atoms with van der Waals surface area (Å²) in [6.07, 6.45) is 1.31.